The van der Waals surface area contributed by atoms with Crippen LogP contribution < -0.4 is 5.32 Å². The summed E-state index contributed by atoms with van der Waals surface area (Å²) in [5.41, 5.74) is 0.0351. The van der Waals surface area contributed by atoms with Gasteiger partial charge in [-0.2, -0.15) is 4.98 Å². The maximum atomic E-state index is 5.35. The van der Waals surface area contributed by atoms with Crippen molar-refractivity contribution in [3.63, 3.8) is 0 Å². The summed E-state index contributed by atoms with van der Waals surface area (Å²) in [6.07, 6.45) is -0.109. The summed E-state index contributed by atoms with van der Waals surface area (Å²) in [6.45, 7) is 11.0. The van der Waals surface area contributed by atoms with E-state index in [1.54, 1.807) is 7.11 Å². The molecule has 0 saturated heterocycles. The lowest BCUT2D eigenvalue weighted by atomic mass is 10.1. The molecule has 0 fully saturated rings. The molecule has 1 rings (SSSR count). The average molecular weight is 241 g/mol. The first-order chi connectivity index (χ1) is 7.83. The molecule has 1 unspecified atom stereocenters. The molecule has 0 aliphatic heterocycles. The summed E-state index contributed by atoms with van der Waals surface area (Å²) < 4.78 is 10.5. The van der Waals surface area contributed by atoms with Gasteiger partial charge >= 0.3 is 0 Å². The Kier molecular flexibility index (Phi) is 4.65. The minimum atomic E-state index is -0.109. The van der Waals surface area contributed by atoms with Gasteiger partial charge in [0.15, 0.2) is 0 Å². The number of ether oxygens (including phenoxy) is 1. The van der Waals surface area contributed by atoms with Crippen molar-refractivity contribution in [2.24, 2.45) is 5.92 Å². The molecule has 0 saturated carbocycles. The highest BCUT2D eigenvalue weighted by atomic mass is 16.5. The van der Waals surface area contributed by atoms with Gasteiger partial charge in [0.1, 0.15) is 6.10 Å². The smallest absolute Gasteiger partial charge is 0.240 e. The quantitative estimate of drug-likeness (QED) is 0.857. The summed E-state index contributed by atoms with van der Waals surface area (Å²) in [6, 6.07) is 0. The van der Waals surface area contributed by atoms with Crippen LogP contribution in [0, 0.1) is 5.92 Å². The molecule has 0 radical (unpaired) electrons. The highest BCUT2D eigenvalue weighted by molar-refractivity contribution is 4.93. The van der Waals surface area contributed by atoms with Gasteiger partial charge in [-0.15, -0.1) is 0 Å². The zero-order valence-electron chi connectivity index (χ0n) is 11.6. The van der Waals surface area contributed by atoms with E-state index in [1.807, 2.05) is 0 Å². The van der Waals surface area contributed by atoms with Gasteiger partial charge in [-0.25, -0.2) is 0 Å². The van der Waals surface area contributed by atoms with Crippen molar-refractivity contribution in [2.45, 2.75) is 52.8 Å². The molecule has 1 heterocycles. The zero-order valence-corrected chi connectivity index (χ0v) is 11.6. The number of rotatable bonds is 5. The molecular formula is C12H23N3O2. The third-order valence-electron chi connectivity index (χ3n) is 2.37. The molecule has 1 aromatic rings. The molecule has 98 valence electrons. The van der Waals surface area contributed by atoms with Crippen LogP contribution in [0.25, 0.3) is 0 Å². The maximum absolute atomic E-state index is 5.35. The summed E-state index contributed by atoms with van der Waals surface area (Å²) in [5.74, 6) is 1.53. The summed E-state index contributed by atoms with van der Waals surface area (Å²) in [5, 5.41) is 7.26. The Hall–Kier alpha value is -0.940. The van der Waals surface area contributed by atoms with Crippen molar-refractivity contribution >= 4 is 0 Å². The van der Waals surface area contributed by atoms with E-state index in [4.69, 9.17) is 9.26 Å². The lowest BCUT2D eigenvalue weighted by Gasteiger charge is -2.18. The number of methoxy groups -OCH3 is 1. The normalized spacial score (nSPS) is 14.3. The Balaban J connectivity index is 2.64. The Bertz CT molecular complexity index is 342. The van der Waals surface area contributed by atoms with Gasteiger partial charge < -0.3 is 14.6 Å². The third kappa shape index (κ3) is 4.44. The van der Waals surface area contributed by atoms with E-state index in [9.17, 15) is 0 Å². The highest BCUT2D eigenvalue weighted by Crippen LogP contribution is 2.22. The number of aromatic nitrogens is 2. The molecule has 17 heavy (non-hydrogen) atoms. The van der Waals surface area contributed by atoms with Crippen molar-refractivity contribution in [3.05, 3.63) is 11.7 Å². The van der Waals surface area contributed by atoms with Gasteiger partial charge in [0.2, 0.25) is 11.7 Å². The molecule has 1 N–H and O–H groups in total. The van der Waals surface area contributed by atoms with Crippen LogP contribution >= 0.6 is 0 Å². The highest BCUT2D eigenvalue weighted by Gasteiger charge is 2.21. The summed E-state index contributed by atoms with van der Waals surface area (Å²) in [7, 11) is 1.66. The third-order valence-corrected chi connectivity index (χ3v) is 2.37. The topological polar surface area (TPSA) is 60.2 Å². The molecule has 0 aromatic carbocycles. The number of nitrogens with zero attached hydrogens (tertiary/aromatic N) is 2. The molecule has 5 heteroatoms. The first kappa shape index (κ1) is 14.1. The average Bonchev–Trinajstić information content (AvgIpc) is 2.63. The first-order valence-electron chi connectivity index (χ1n) is 5.94. The molecule has 0 aliphatic carbocycles. The van der Waals surface area contributed by atoms with Gasteiger partial charge in [-0.1, -0.05) is 19.0 Å². The first-order valence-corrected chi connectivity index (χ1v) is 5.94. The van der Waals surface area contributed by atoms with Crippen molar-refractivity contribution in [3.8, 4) is 0 Å². The van der Waals surface area contributed by atoms with Crippen LogP contribution in [0.3, 0.4) is 0 Å². The lowest BCUT2D eigenvalue weighted by Crippen LogP contribution is -2.35. The second kappa shape index (κ2) is 5.60. The van der Waals surface area contributed by atoms with E-state index in [0.717, 1.165) is 0 Å². The van der Waals surface area contributed by atoms with E-state index in [1.165, 1.54) is 0 Å². The van der Waals surface area contributed by atoms with Crippen molar-refractivity contribution in [1.82, 2.24) is 15.5 Å². The van der Waals surface area contributed by atoms with Crippen LogP contribution in [-0.4, -0.2) is 22.8 Å². The fourth-order valence-electron chi connectivity index (χ4n) is 1.47. The van der Waals surface area contributed by atoms with Crippen LogP contribution in [0.5, 0.6) is 0 Å². The Morgan fingerprint density at radius 2 is 2.00 bits per heavy atom. The summed E-state index contributed by atoms with van der Waals surface area (Å²) >= 11 is 0. The fourth-order valence-corrected chi connectivity index (χ4v) is 1.47. The Morgan fingerprint density at radius 1 is 1.35 bits per heavy atom. The number of nitrogens with one attached hydrogen (secondary N) is 1. The van der Waals surface area contributed by atoms with E-state index < -0.39 is 0 Å². The van der Waals surface area contributed by atoms with Gasteiger partial charge in [0.25, 0.3) is 0 Å². The van der Waals surface area contributed by atoms with Gasteiger partial charge in [-0.05, 0) is 26.7 Å². The lowest BCUT2D eigenvalue weighted by molar-refractivity contribution is 0.0555. The van der Waals surface area contributed by atoms with E-state index >= 15 is 0 Å². The Labute approximate surface area is 103 Å². The molecule has 0 amide bonds. The van der Waals surface area contributed by atoms with Crippen LogP contribution in [0.15, 0.2) is 4.52 Å². The van der Waals surface area contributed by atoms with E-state index in [2.05, 4.69) is 50.1 Å². The van der Waals surface area contributed by atoms with Crippen molar-refractivity contribution in [2.75, 3.05) is 7.11 Å². The van der Waals surface area contributed by atoms with Crippen molar-refractivity contribution < 1.29 is 9.26 Å². The monoisotopic (exact) mass is 241 g/mol. The number of hydrogen-bond acceptors (Lipinski definition) is 5. The Morgan fingerprint density at radius 3 is 2.47 bits per heavy atom. The second-order valence-electron chi connectivity index (χ2n) is 5.55. The minimum Gasteiger partial charge on any atom is -0.373 e. The molecule has 1 atom stereocenters. The van der Waals surface area contributed by atoms with E-state index in [-0.39, 0.29) is 11.6 Å². The van der Waals surface area contributed by atoms with Gasteiger partial charge in [-0.3, -0.25) is 0 Å². The van der Waals surface area contributed by atoms with E-state index in [0.29, 0.717) is 24.2 Å². The molecule has 0 aliphatic rings. The van der Waals surface area contributed by atoms with Gasteiger partial charge in [0.05, 0.1) is 6.54 Å². The molecule has 0 bridgehead atoms. The number of hydrogen-bond donors (Lipinski definition) is 1. The largest absolute Gasteiger partial charge is 0.373 e. The predicted octanol–water partition coefficient (Wildman–Crippen LogP) is 2.30. The zero-order chi connectivity index (χ0) is 13.1. The fraction of sp³-hybridized carbons (Fsp3) is 0.833. The second-order valence-corrected chi connectivity index (χ2v) is 5.55. The SMILES string of the molecule is COC(c1noc(CNC(C)(C)C)n1)C(C)C. The van der Waals surface area contributed by atoms with Gasteiger partial charge in [0, 0.05) is 12.6 Å². The predicted molar refractivity (Wildman–Crippen MR) is 65.5 cm³/mol. The molecule has 5 nitrogen and oxygen atoms in total. The van der Waals surface area contributed by atoms with Crippen molar-refractivity contribution in [1.29, 1.82) is 0 Å². The van der Waals surface area contributed by atoms with Crippen LogP contribution in [0.4, 0.5) is 0 Å². The van der Waals surface area contributed by atoms with Crippen LogP contribution in [0.1, 0.15) is 52.4 Å². The maximum Gasteiger partial charge on any atom is 0.240 e. The molecule has 1 aromatic heterocycles. The molecule has 0 spiro atoms. The molecular weight excluding hydrogens is 218 g/mol. The van der Waals surface area contributed by atoms with Crippen LogP contribution in [0.2, 0.25) is 0 Å². The summed E-state index contributed by atoms with van der Waals surface area (Å²) in [4.78, 5) is 4.34. The van der Waals surface area contributed by atoms with Crippen LogP contribution in [-0.2, 0) is 11.3 Å². The standard InChI is InChI=1S/C12H23N3O2/c1-8(2)10(16-6)11-14-9(17-15-11)7-13-12(3,4)5/h8,10,13H,7H2,1-6H3. The minimum absolute atomic E-state index is 0.0351.